The predicted octanol–water partition coefficient (Wildman–Crippen LogP) is 2.80. The highest BCUT2D eigenvalue weighted by atomic mass is 16.4. The van der Waals surface area contributed by atoms with Crippen molar-refractivity contribution in [1.29, 1.82) is 0 Å². The molecule has 0 unspecified atom stereocenters. The molecule has 2 aromatic rings. The van der Waals surface area contributed by atoms with Crippen LogP contribution in [0.4, 0.5) is 5.69 Å². The van der Waals surface area contributed by atoms with Crippen molar-refractivity contribution in [3.63, 3.8) is 0 Å². The molecule has 1 heterocycles. The molecule has 0 aliphatic heterocycles. The van der Waals surface area contributed by atoms with Gasteiger partial charge in [-0.1, -0.05) is 6.42 Å². The number of anilines is 1. The highest BCUT2D eigenvalue weighted by Crippen LogP contribution is 2.41. The van der Waals surface area contributed by atoms with E-state index in [1.807, 2.05) is 18.2 Å². The molecular formula is C14H16N2O3. The summed E-state index contributed by atoms with van der Waals surface area (Å²) in [5, 5.41) is 12.5. The average Bonchev–Trinajstić information content (AvgIpc) is 2.66. The minimum absolute atomic E-state index is 0.463. The first-order chi connectivity index (χ1) is 9.09. The lowest BCUT2D eigenvalue weighted by atomic mass is 9.69. The quantitative estimate of drug-likeness (QED) is 0.884. The zero-order valence-electron chi connectivity index (χ0n) is 10.8. The molecule has 1 fully saturated rings. The number of carbonyl (C=O) groups is 1. The molecule has 19 heavy (non-hydrogen) atoms. The van der Waals surface area contributed by atoms with Gasteiger partial charge in [-0.05, 0) is 31.0 Å². The van der Waals surface area contributed by atoms with Gasteiger partial charge in [0.05, 0.1) is 5.41 Å². The van der Waals surface area contributed by atoms with Crippen molar-refractivity contribution >= 4 is 22.8 Å². The van der Waals surface area contributed by atoms with Crippen molar-refractivity contribution in [2.75, 3.05) is 11.9 Å². The molecule has 0 saturated heterocycles. The maximum absolute atomic E-state index is 11.3. The Balaban J connectivity index is 1.76. The van der Waals surface area contributed by atoms with Gasteiger partial charge < -0.3 is 14.8 Å². The number of aromatic nitrogens is 1. The van der Waals surface area contributed by atoms with E-state index in [2.05, 4.69) is 10.3 Å². The highest BCUT2D eigenvalue weighted by molar-refractivity contribution is 5.79. The van der Waals surface area contributed by atoms with E-state index in [0.717, 1.165) is 36.0 Å². The number of nitrogens with zero attached hydrogens (tertiary/aromatic N) is 1. The van der Waals surface area contributed by atoms with E-state index in [1.54, 1.807) is 6.92 Å². The molecule has 5 heteroatoms. The smallest absolute Gasteiger partial charge is 0.311 e. The molecule has 0 bridgehead atoms. The molecule has 1 aromatic carbocycles. The predicted molar refractivity (Wildman–Crippen MR) is 71.2 cm³/mol. The van der Waals surface area contributed by atoms with Crippen LogP contribution >= 0.6 is 0 Å². The monoisotopic (exact) mass is 260 g/mol. The van der Waals surface area contributed by atoms with Crippen LogP contribution < -0.4 is 5.32 Å². The van der Waals surface area contributed by atoms with Crippen molar-refractivity contribution in [2.45, 2.75) is 26.2 Å². The Hall–Kier alpha value is -2.04. The van der Waals surface area contributed by atoms with Gasteiger partial charge in [-0.2, -0.15) is 0 Å². The summed E-state index contributed by atoms with van der Waals surface area (Å²) in [7, 11) is 0. The summed E-state index contributed by atoms with van der Waals surface area (Å²) in [5.41, 5.74) is 1.84. The summed E-state index contributed by atoms with van der Waals surface area (Å²) in [5.74, 6) is -0.0715. The van der Waals surface area contributed by atoms with Crippen LogP contribution in [0.2, 0.25) is 0 Å². The van der Waals surface area contributed by atoms with Gasteiger partial charge in [-0.3, -0.25) is 4.79 Å². The molecule has 0 spiro atoms. The number of benzene rings is 1. The fourth-order valence-corrected chi connectivity index (χ4v) is 2.49. The summed E-state index contributed by atoms with van der Waals surface area (Å²) < 4.78 is 5.41. The van der Waals surface area contributed by atoms with E-state index < -0.39 is 11.4 Å². The Labute approximate surface area is 110 Å². The number of aryl methyl sites for hydroxylation is 1. The van der Waals surface area contributed by atoms with E-state index in [-0.39, 0.29) is 0 Å². The van der Waals surface area contributed by atoms with Gasteiger partial charge in [0.15, 0.2) is 11.5 Å². The number of aliphatic carboxylic acids is 1. The number of rotatable bonds is 4. The van der Waals surface area contributed by atoms with Gasteiger partial charge in [-0.25, -0.2) is 4.98 Å². The third-order valence-electron chi connectivity index (χ3n) is 3.89. The van der Waals surface area contributed by atoms with Crippen LogP contribution in [0.5, 0.6) is 0 Å². The maximum atomic E-state index is 11.3. The first-order valence-electron chi connectivity index (χ1n) is 6.44. The maximum Gasteiger partial charge on any atom is 0.311 e. The van der Waals surface area contributed by atoms with E-state index in [4.69, 9.17) is 4.42 Å². The molecule has 1 saturated carbocycles. The van der Waals surface area contributed by atoms with E-state index in [9.17, 15) is 9.90 Å². The molecule has 1 aliphatic carbocycles. The van der Waals surface area contributed by atoms with Gasteiger partial charge in [0.25, 0.3) is 0 Å². The molecule has 1 aliphatic rings. The van der Waals surface area contributed by atoms with Crippen LogP contribution in [0, 0.1) is 12.3 Å². The number of carboxylic acids is 1. The standard InChI is InChI=1S/C14H16N2O3/c1-9-16-11-7-10(3-4-12(11)19-9)15-8-14(13(17)18)5-2-6-14/h3-4,7,15H,2,5-6,8H2,1H3,(H,17,18). The van der Waals surface area contributed by atoms with Crippen LogP contribution in [0.1, 0.15) is 25.2 Å². The second kappa shape index (κ2) is 4.26. The lowest BCUT2D eigenvalue weighted by Gasteiger charge is -2.37. The molecule has 0 radical (unpaired) electrons. The Kier molecular flexibility index (Phi) is 2.69. The van der Waals surface area contributed by atoms with Crippen LogP contribution in [0.3, 0.4) is 0 Å². The second-order valence-electron chi connectivity index (χ2n) is 5.21. The summed E-state index contributed by atoms with van der Waals surface area (Å²) in [6, 6.07) is 5.63. The number of hydrogen-bond donors (Lipinski definition) is 2. The number of carboxylic acid groups (broad SMARTS) is 1. The summed E-state index contributed by atoms with van der Waals surface area (Å²) in [6.07, 6.45) is 2.50. The molecule has 2 N–H and O–H groups in total. The van der Waals surface area contributed by atoms with Gasteiger partial charge in [-0.15, -0.1) is 0 Å². The third-order valence-corrected chi connectivity index (χ3v) is 3.89. The molecule has 1 aromatic heterocycles. The number of nitrogens with one attached hydrogen (secondary N) is 1. The molecule has 0 amide bonds. The van der Waals surface area contributed by atoms with Crippen LogP contribution in [-0.4, -0.2) is 22.6 Å². The highest BCUT2D eigenvalue weighted by Gasteiger charge is 2.44. The Bertz CT molecular complexity index is 629. The van der Waals surface area contributed by atoms with Crippen LogP contribution in [0.15, 0.2) is 22.6 Å². The van der Waals surface area contributed by atoms with Crippen molar-refractivity contribution in [3.8, 4) is 0 Å². The number of fused-ring (bicyclic) bond motifs is 1. The van der Waals surface area contributed by atoms with Crippen LogP contribution in [0.25, 0.3) is 11.1 Å². The van der Waals surface area contributed by atoms with Gasteiger partial charge in [0.1, 0.15) is 5.52 Å². The lowest BCUT2D eigenvalue weighted by Crippen LogP contribution is -2.43. The van der Waals surface area contributed by atoms with Gasteiger partial charge >= 0.3 is 5.97 Å². The van der Waals surface area contributed by atoms with Crippen molar-refractivity contribution in [2.24, 2.45) is 5.41 Å². The topological polar surface area (TPSA) is 75.4 Å². The fraction of sp³-hybridized carbons (Fsp3) is 0.429. The SMILES string of the molecule is Cc1nc2cc(NCC3(C(=O)O)CCC3)ccc2o1. The molecule has 5 nitrogen and oxygen atoms in total. The zero-order valence-corrected chi connectivity index (χ0v) is 10.8. The Morgan fingerprint density at radius 2 is 2.32 bits per heavy atom. The zero-order chi connectivity index (χ0) is 13.5. The van der Waals surface area contributed by atoms with Gasteiger partial charge in [0.2, 0.25) is 0 Å². The largest absolute Gasteiger partial charge is 0.481 e. The average molecular weight is 260 g/mol. The van der Waals surface area contributed by atoms with Crippen molar-refractivity contribution in [3.05, 3.63) is 24.1 Å². The second-order valence-corrected chi connectivity index (χ2v) is 5.21. The minimum atomic E-state index is -0.704. The molecule has 0 atom stereocenters. The van der Waals surface area contributed by atoms with Crippen molar-refractivity contribution in [1.82, 2.24) is 4.98 Å². The molecular weight excluding hydrogens is 244 g/mol. The first kappa shape index (κ1) is 12.0. The van der Waals surface area contributed by atoms with E-state index in [0.29, 0.717) is 12.4 Å². The summed E-state index contributed by atoms with van der Waals surface area (Å²) >= 11 is 0. The fourth-order valence-electron chi connectivity index (χ4n) is 2.49. The van der Waals surface area contributed by atoms with Crippen LogP contribution in [-0.2, 0) is 4.79 Å². The number of oxazole rings is 1. The Morgan fingerprint density at radius 1 is 1.53 bits per heavy atom. The Morgan fingerprint density at radius 3 is 2.95 bits per heavy atom. The van der Waals surface area contributed by atoms with E-state index >= 15 is 0 Å². The van der Waals surface area contributed by atoms with E-state index in [1.165, 1.54) is 0 Å². The first-order valence-corrected chi connectivity index (χ1v) is 6.44. The summed E-state index contributed by atoms with van der Waals surface area (Å²) in [6.45, 7) is 2.27. The van der Waals surface area contributed by atoms with Crippen molar-refractivity contribution < 1.29 is 14.3 Å². The summed E-state index contributed by atoms with van der Waals surface area (Å²) in [4.78, 5) is 15.5. The normalized spacial score (nSPS) is 17.1. The lowest BCUT2D eigenvalue weighted by molar-refractivity contribution is -0.153. The molecule has 3 rings (SSSR count). The third kappa shape index (κ3) is 2.05. The van der Waals surface area contributed by atoms with Gasteiger partial charge in [0, 0.05) is 19.2 Å². The minimum Gasteiger partial charge on any atom is -0.481 e. The molecule has 100 valence electrons. The number of hydrogen-bond acceptors (Lipinski definition) is 4.